The van der Waals surface area contributed by atoms with Gasteiger partial charge >= 0.3 is 0 Å². The van der Waals surface area contributed by atoms with Gasteiger partial charge in [-0.3, -0.25) is 9.52 Å². The fourth-order valence-corrected chi connectivity index (χ4v) is 4.27. The van der Waals surface area contributed by atoms with Gasteiger partial charge in [-0.2, -0.15) is 0 Å². The zero-order valence-corrected chi connectivity index (χ0v) is 16.0. The Labute approximate surface area is 162 Å². The Morgan fingerprint density at radius 1 is 1.14 bits per heavy atom. The van der Waals surface area contributed by atoms with Crippen LogP contribution in [-0.2, 0) is 19.6 Å². The van der Waals surface area contributed by atoms with Gasteiger partial charge in [0.1, 0.15) is 5.76 Å². The van der Waals surface area contributed by atoms with Gasteiger partial charge in [-0.1, -0.05) is 18.0 Å². The van der Waals surface area contributed by atoms with Crippen LogP contribution in [0.2, 0.25) is 0 Å². The molecule has 1 amide bonds. The van der Waals surface area contributed by atoms with Crippen molar-refractivity contribution in [2.24, 2.45) is 11.8 Å². The number of carboxylic acids is 1. The average molecular weight is 406 g/mol. The molecule has 1 fully saturated rings. The van der Waals surface area contributed by atoms with E-state index in [1.165, 1.54) is 30.3 Å². The predicted octanol–water partition coefficient (Wildman–Crippen LogP) is 1.28. The van der Waals surface area contributed by atoms with Gasteiger partial charge in [0.2, 0.25) is 5.91 Å². The molecule has 28 heavy (non-hydrogen) atoms. The number of sulfonamides is 1. The molecule has 0 unspecified atom stereocenters. The third-order valence-corrected chi connectivity index (χ3v) is 6.08. The summed E-state index contributed by atoms with van der Waals surface area (Å²) in [5.74, 6) is -2.53. The highest BCUT2D eigenvalue weighted by molar-refractivity contribution is 7.92. The summed E-state index contributed by atoms with van der Waals surface area (Å²) in [5, 5.41) is 17.5. The van der Waals surface area contributed by atoms with Crippen LogP contribution >= 0.6 is 0 Å². The summed E-state index contributed by atoms with van der Waals surface area (Å²) in [4.78, 5) is 23.7. The highest BCUT2D eigenvalue weighted by Gasteiger charge is 2.31. The van der Waals surface area contributed by atoms with Gasteiger partial charge in [-0.05, 0) is 44.0 Å². The van der Waals surface area contributed by atoms with Gasteiger partial charge < -0.3 is 19.7 Å². The third-order valence-electron chi connectivity index (χ3n) is 4.70. The van der Waals surface area contributed by atoms with E-state index in [9.17, 15) is 23.1 Å². The molecule has 1 aromatic heterocycles. The molecular formula is C18H20N3O6S-. The number of hydrogen-bond donors (Lipinski definition) is 2. The van der Waals surface area contributed by atoms with Crippen LogP contribution in [0.1, 0.15) is 31.4 Å². The molecule has 1 aromatic carbocycles. The molecule has 1 aliphatic carbocycles. The molecule has 0 spiro atoms. The number of nitrogens with one attached hydrogen (secondary N) is 2. The summed E-state index contributed by atoms with van der Waals surface area (Å²) in [5.41, 5.74) is 0.379. The van der Waals surface area contributed by atoms with Crippen LogP contribution in [0, 0.1) is 18.8 Å². The number of carboxylic acid groups (broad SMARTS) is 1. The highest BCUT2D eigenvalue weighted by Crippen LogP contribution is 2.31. The molecule has 1 heterocycles. The minimum absolute atomic E-state index is 0.0172. The molecule has 2 aromatic rings. The fourth-order valence-electron chi connectivity index (χ4n) is 3.29. The van der Waals surface area contributed by atoms with Gasteiger partial charge in [0, 0.05) is 29.6 Å². The van der Waals surface area contributed by atoms with Crippen molar-refractivity contribution < 1.29 is 27.6 Å². The van der Waals surface area contributed by atoms with E-state index in [-0.39, 0.29) is 10.7 Å². The molecule has 0 saturated heterocycles. The zero-order valence-electron chi connectivity index (χ0n) is 15.2. The number of aliphatic carboxylic acids is 1. The number of carbonyl (C=O) groups excluding carboxylic acids is 2. The Morgan fingerprint density at radius 3 is 2.36 bits per heavy atom. The van der Waals surface area contributed by atoms with E-state index in [4.69, 9.17) is 4.52 Å². The number of nitrogens with zero attached hydrogens (tertiary/aromatic N) is 1. The average Bonchev–Trinajstić information content (AvgIpc) is 3.06. The highest BCUT2D eigenvalue weighted by atomic mass is 32.2. The van der Waals surface area contributed by atoms with Crippen LogP contribution in [0.15, 0.2) is 39.8 Å². The van der Waals surface area contributed by atoms with Crippen LogP contribution in [0.25, 0.3) is 0 Å². The Hall–Kier alpha value is -2.88. The summed E-state index contributed by atoms with van der Waals surface area (Å²) in [6.07, 6.45) is 2.45. The molecular weight excluding hydrogens is 386 g/mol. The lowest BCUT2D eigenvalue weighted by Gasteiger charge is -2.31. The third kappa shape index (κ3) is 4.50. The smallest absolute Gasteiger partial charge is 0.263 e. The summed E-state index contributed by atoms with van der Waals surface area (Å²) >= 11 is 0. The molecule has 0 bridgehead atoms. The summed E-state index contributed by atoms with van der Waals surface area (Å²) in [6, 6.07) is 7.00. The first-order valence-corrected chi connectivity index (χ1v) is 10.3. The van der Waals surface area contributed by atoms with E-state index in [0.29, 0.717) is 24.3 Å². The van der Waals surface area contributed by atoms with Crippen LogP contribution < -0.4 is 15.1 Å². The number of anilines is 2. The first-order chi connectivity index (χ1) is 13.3. The monoisotopic (exact) mass is 406 g/mol. The van der Waals surface area contributed by atoms with E-state index in [2.05, 4.69) is 15.2 Å². The molecule has 0 aliphatic heterocycles. The molecule has 2 atom stereocenters. The first-order valence-electron chi connectivity index (χ1n) is 8.84. The van der Waals surface area contributed by atoms with Crippen molar-refractivity contribution in [3.05, 3.63) is 36.1 Å². The maximum absolute atomic E-state index is 12.5. The molecule has 0 radical (unpaired) electrons. The number of benzene rings is 1. The second-order valence-electron chi connectivity index (χ2n) is 6.76. The van der Waals surface area contributed by atoms with Crippen molar-refractivity contribution in [2.75, 3.05) is 10.0 Å². The van der Waals surface area contributed by atoms with Crippen molar-refractivity contribution in [3.63, 3.8) is 0 Å². The van der Waals surface area contributed by atoms with Crippen LogP contribution in [-0.4, -0.2) is 25.5 Å². The Bertz CT molecular complexity index is 967. The van der Waals surface area contributed by atoms with E-state index in [0.717, 1.165) is 12.8 Å². The number of carbonyl (C=O) groups is 2. The number of hydrogen-bond acceptors (Lipinski definition) is 7. The molecule has 150 valence electrons. The summed E-state index contributed by atoms with van der Waals surface area (Å²) in [7, 11) is -3.86. The second-order valence-corrected chi connectivity index (χ2v) is 8.44. The SMILES string of the molecule is Cc1cc(NS(=O)(=O)c2ccc(NC(=O)[C@@H]3CCCC[C@H]3C(=O)[O-])cc2)no1. The van der Waals surface area contributed by atoms with Crippen molar-refractivity contribution in [1.29, 1.82) is 0 Å². The lowest BCUT2D eigenvalue weighted by atomic mass is 9.78. The van der Waals surface area contributed by atoms with E-state index in [1.54, 1.807) is 6.92 Å². The predicted molar refractivity (Wildman–Crippen MR) is 97.6 cm³/mol. The molecule has 2 N–H and O–H groups in total. The normalized spacial score (nSPS) is 19.8. The van der Waals surface area contributed by atoms with Crippen molar-refractivity contribution in [2.45, 2.75) is 37.5 Å². The number of amides is 1. The second kappa shape index (κ2) is 8.01. The Balaban J connectivity index is 1.68. The fraction of sp³-hybridized carbons (Fsp3) is 0.389. The topological polar surface area (TPSA) is 141 Å². The van der Waals surface area contributed by atoms with E-state index < -0.39 is 33.7 Å². The Kier molecular flexibility index (Phi) is 5.68. The van der Waals surface area contributed by atoms with Crippen molar-refractivity contribution >= 4 is 33.4 Å². The quantitative estimate of drug-likeness (QED) is 0.736. The molecule has 10 heteroatoms. The summed E-state index contributed by atoms with van der Waals surface area (Å²) in [6.45, 7) is 1.64. The largest absolute Gasteiger partial charge is 0.550 e. The standard InChI is InChI=1S/C18H21N3O6S/c1-11-10-16(20-27-11)21-28(25,26)13-8-6-12(7-9-13)19-17(22)14-4-2-3-5-15(14)18(23)24/h6-10,14-15H,2-5H2,1H3,(H,19,22)(H,20,21)(H,23,24)/p-1/t14-,15-/m1/s1. The Morgan fingerprint density at radius 2 is 1.79 bits per heavy atom. The molecule has 9 nitrogen and oxygen atoms in total. The summed E-state index contributed by atoms with van der Waals surface area (Å²) < 4.78 is 31.8. The van der Waals surface area contributed by atoms with Crippen LogP contribution in [0.3, 0.4) is 0 Å². The molecule has 3 rings (SSSR count). The number of aromatic nitrogens is 1. The van der Waals surface area contributed by atoms with Gasteiger partial charge in [0.15, 0.2) is 5.82 Å². The van der Waals surface area contributed by atoms with E-state index >= 15 is 0 Å². The maximum Gasteiger partial charge on any atom is 0.263 e. The van der Waals surface area contributed by atoms with Crippen molar-refractivity contribution in [3.8, 4) is 0 Å². The zero-order chi connectivity index (χ0) is 20.3. The van der Waals surface area contributed by atoms with E-state index in [1.807, 2.05) is 0 Å². The van der Waals surface area contributed by atoms with Crippen LogP contribution in [0.5, 0.6) is 0 Å². The van der Waals surface area contributed by atoms with Gasteiger partial charge in [0.05, 0.1) is 4.90 Å². The molecule has 1 saturated carbocycles. The number of rotatable bonds is 6. The maximum atomic E-state index is 12.5. The number of aryl methyl sites for hydroxylation is 1. The molecule has 1 aliphatic rings. The van der Waals surface area contributed by atoms with Gasteiger partial charge in [-0.25, -0.2) is 8.42 Å². The van der Waals surface area contributed by atoms with Crippen LogP contribution in [0.4, 0.5) is 11.5 Å². The minimum atomic E-state index is -3.86. The van der Waals surface area contributed by atoms with Gasteiger partial charge in [-0.15, -0.1) is 0 Å². The first kappa shape index (κ1) is 19.9. The van der Waals surface area contributed by atoms with Crippen molar-refractivity contribution in [1.82, 2.24) is 5.16 Å². The minimum Gasteiger partial charge on any atom is -0.550 e. The van der Waals surface area contributed by atoms with Gasteiger partial charge in [0.25, 0.3) is 10.0 Å². The lowest BCUT2D eigenvalue weighted by Crippen LogP contribution is -2.42. The lowest BCUT2D eigenvalue weighted by molar-refractivity contribution is -0.313.